The first kappa shape index (κ1) is 12.7. The van der Waals surface area contributed by atoms with Crippen molar-refractivity contribution in [3.05, 3.63) is 29.3 Å². The van der Waals surface area contributed by atoms with Gasteiger partial charge in [-0.15, -0.1) is 11.6 Å². The number of nitrogens with two attached hydrogens (primary N) is 1. The second-order valence-corrected chi connectivity index (χ2v) is 3.39. The van der Waals surface area contributed by atoms with Gasteiger partial charge >= 0.3 is 6.18 Å². The number of rotatable bonds is 1. The van der Waals surface area contributed by atoms with Crippen molar-refractivity contribution in [2.75, 3.05) is 11.6 Å². The third-order valence-corrected chi connectivity index (χ3v) is 2.02. The first-order valence-corrected chi connectivity index (χ1v) is 5.00. The molecule has 0 aliphatic carbocycles. The van der Waals surface area contributed by atoms with Crippen molar-refractivity contribution < 1.29 is 13.2 Å². The fraction of sp³-hybridized carbons (Fsp3) is 0.273. The average molecular weight is 248 g/mol. The maximum atomic E-state index is 12.6. The van der Waals surface area contributed by atoms with E-state index in [1.165, 1.54) is 12.1 Å². The Morgan fingerprint density at radius 3 is 2.56 bits per heavy atom. The minimum absolute atomic E-state index is 0.0249. The predicted octanol–water partition coefficient (Wildman–Crippen LogP) is 3.27. The molecule has 0 bridgehead atoms. The van der Waals surface area contributed by atoms with Gasteiger partial charge in [-0.3, -0.25) is 0 Å². The summed E-state index contributed by atoms with van der Waals surface area (Å²) >= 11 is 5.38. The Morgan fingerprint density at radius 2 is 2.00 bits per heavy atom. The van der Waals surface area contributed by atoms with Gasteiger partial charge in [0.1, 0.15) is 0 Å². The zero-order chi connectivity index (χ0) is 12.2. The van der Waals surface area contributed by atoms with Crippen LogP contribution in [0.15, 0.2) is 18.2 Å². The first-order chi connectivity index (χ1) is 7.46. The van der Waals surface area contributed by atoms with Gasteiger partial charge in [-0.1, -0.05) is 17.9 Å². The van der Waals surface area contributed by atoms with E-state index >= 15 is 0 Å². The topological polar surface area (TPSA) is 26.0 Å². The van der Waals surface area contributed by atoms with E-state index < -0.39 is 11.7 Å². The van der Waals surface area contributed by atoms with Crippen molar-refractivity contribution >= 4 is 17.3 Å². The van der Waals surface area contributed by atoms with Crippen molar-refractivity contribution in [3.8, 4) is 11.8 Å². The Kier molecular flexibility index (Phi) is 4.08. The van der Waals surface area contributed by atoms with Crippen LogP contribution in [0.2, 0.25) is 0 Å². The third kappa shape index (κ3) is 3.07. The van der Waals surface area contributed by atoms with Crippen LogP contribution in [-0.2, 0) is 6.18 Å². The highest BCUT2D eigenvalue weighted by Gasteiger charge is 2.33. The smallest absolute Gasteiger partial charge is 0.398 e. The zero-order valence-electron chi connectivity index (χ0n) is 8.24. The molecule has 0 amide bonds. The Bertz CT molecular complexity index is 429. The highest BCUT2D eigenvalue weighted by atomic mass is 35.5. The molecule has 0 unspecified atom stereocenters. The lowest BCUT2D eigenvalue weighted by atomic mass is 10.1. The number of hydrogen-bond donors (Lipinski definition) is 1. The molecular formula is C11H9ClF3N. The first-order valence-electron chi connectivity index (χ1n) is 4.47. The number of anilines is 1. The Balaban J connectivity index is 3.21. The van der Waals surface area contributed by atoms with Crippen LogP contribution in [0.1, 0.15) is 17.5 Å². The van der Waals surface area contributed by atoms with Gasteiger partial charge in [0.25, 0.3) is 0 Å². The number of benzene rings is 1. The van der Waals surface area contributed by atoms with Crippen molar-refractivity contribution in [1.82, 2.24) is 0 Å². The molecule has 0 aromatic heterocycles. The molecular weight excluding hydrogens is 239 g/mol. The molecule has 0 saturated heterocycles. The molecule has 1 rings (SSSR count). The third-order valence-electron chi connectivity index (χ3n) is 1.83. The molecule has 0 spiro atoms. The van der Waals surface area contributed by atoms with Crippen LogP contribution in [0.3, 0.4) is 0 Å². The minimum atomic E-state index is -4.44. The Hall–Kier alpha value is -1.34. The van der Waals surface area contributed by atoms with Crippen LogP contribution in [0.25, 0.3) is 0 Å². The lowest BCUT2D eigenvalue weighted by molar-refractivity contribution is -0.137. The van der Waals surface area contributed by atoms with E-state index in [9.17, 15) is 13.2 Å². The fourth-order valence-corrected chi connectivity index (χ4v) is 1.24. The van der Waals surface area contributed by atoms with Gasteiger partial charge in [-0.05, 0) is 12.1 Å². The van der Waals surface area contributed by atoms with Crippen LogP contribution in [0, 0.1) is 11.8 Å². The molecule has 16 heavy (non-hydrogen) atoms. The van der Waals surface area contributed by atoms with Crippen molar-refractivity contribution in [1.29, 1.82) is 0 Å². The van der Waals surface area contributed by atoms with Gasteiger partial charge in [-0.25, -0.2) is 0 Å². The van der Waals surface area contributed by atoms with E-state index in [4.69, 9.17) is 17.3 Å². The highest BCUT2D eigenvalue weighted by Crippen LogP contribution is 2.33. The van der Waals surface area contributed by atoms with Crippen molar-refractivity contribution in [2.45, 2.75) is 12.6 Å². The zero-order valence-corrected chi connectivity index (χ0v) is 8.99. The van der Waals surface area contributed by atoms with Gasteiger partial charge in [0, 0.05) is 18.0 Å². The van der Waals surface area contributed by atoms with Crippen LogP contribution >= 0.6 is 11.6 Å². The normalized spacial score (nSPS) is 10.8. The molecule has 1 aromatic rings. The van der Waals surface area contributed by atoms with Crippen LogP contribution in [0.4, 0.5) is 18.9 Å². The van der Waals surface area contributed by atoms with Gasteiger partial charge in [0.15, 0.2) is 0 Å². The van der Waals surface area contributed by atoms with Gasteiger partial charge < -0.3 is 5.73 Å². The summed E-state index contributed by atoms with van der Waals surface area (Å²) in [5.41, 5.74) is 4.50. The molecule has 0 atom stereocenters. The molecule has 5 heteroatoms. The molecule has 86 valence electrons. The molecule has 0 fully saturated rings. The van der Waals surface area contributed by atoms with Crippen LogP contribution in [0.5, 0.6) is 0 Å². The lowest BCUT2D eigenvalue weighted by Crippen LogP contribution is -2.09. The molecule has 2 N–H and O–H groups in total. The van der Waals surface area contributed by atoms with E-state index in [0.29, 0.717) is 6.42 Å². The second kappa shape index (κ2) is 5.13. The molecule has 0 aliphatic rings. The van der Waals surface area contributed by atoms with E-state index in [2.05, 4.69) is 11.8 Å². The Labute approximate surface area is 96.4 Å². The monoisotopic (exact) mass is 247 g/mol. The number of halogens is 4. The maximum Gasteiger partial charge on any atom is 0.417 e. The molecule has 0 heterocycles. The molecule has 1 aromatic carbocycles. The largest absolute Gasteiger partial charge is 0.417 e. The number of alkyl halides is 4. The summed E-state index contributed by atoms with van der Waals surface area (Å²) in [4.78, 5) is 0. The summed E-state index contributed by atoms with van der Waals surface area (Å²) < 4.78 is 37.8. The van der Waals surface area contributed by atoms with E-state index in [-0.39, 0.29) is 17.1 Å². The van der Waals surface area contributed by atoms with Crippen LogP contribution < -0.4 is 5.73 Å². The summed E-state index contributed by atoms with van der Waals surface area (Å²) in [6, 6.07) is 3.60. The SMILES string of the molecule is Nc1cccc(C(F)(F)F)c1C#CCCCl. The van der Waals surface area contributed by atoms with Gasteiger partial charge in [0.2, 0.25) is 0 Å². The van der Waals surface area contributed by atoms with Crippen molar-refractivity contribution in [2.24, 2.45) is 0 Å². The fourth-order valence-electron chi connectivity index (χ4n) is 1.14. The molecule has 0 saturated carbocycles. The summed E-state index contributed by atoms with van der Waals surface area (Å²) in [5.74, 6) is 5.23. The Morgan fingerprint density at radius 1 is 1.31 bits per heavy atom. The van der Waals surface area contributed by atoms with Gasteiger partial charge in [0.05, 0.1) is 11.1 Å². The van der Waals surface area contributed by atoms with Crippen LogP contribution in [-0.4, -0.2) is 5.88 Å². The summed E-state index contributed by atoms with van der Waals surface area (Å²) in [6.45, 7) is 0. The number of hydrogen-bond acceptors (Lipinski definition) is 1. The lowest BCUT2D eigenvalue weighted by Gasteiger charge is -2.10. The second-order valence-electron chi connectivity index (χ2n) is 3.01. The minimum Gasteiger partial charge on any atom is -0.398 e. The quantitative estimate of drug-likeness (QED) is 0.460. The van der Waals surface area contributed by atoms with Crippen molar-refractivity contribution in [3.63, 3.8) is 0 Å². The van der Waals surface area contributed by atoms with E-state index in [1.54, 1.807) is 0 Å². The highest BCUT2D eigenvalue weighted by molar-refractivity contribution is 6.18. The summed E-state index contributed by atoms with van der Waals surface area (Å²) in [5, 5.41) is 0. The van der Waals surface area contributed by atoms with E-state index in [0.717, 1.165) is 6.07 Å². The standard InChI is InChI=1S/C11H9ClF3N/c12-7-2-1-4-8-9(11(13,14)15)5-3-6-10(8)16/h3,5-6H,2,7,16H2. The number of nitrogen functional groups attached to an aromatic ring is 1. The molecule has 1 nitrogen and oxygen atoms in total. The molecule has 0 aliphatic heterocycles. The predicted molar refractivity (Wildman–Crippen MR) is 58.1 cm³/mol. The average Bonchev–Trinajstić information content (AvgIpc) is 2.19. The summed E-state index contributed by atoms with van der Waals surface area (Å²) in [7, 11) is 0. The summed E-state index contributed by atoms with van der Waals surface area (Å²) in [6.07, 6.45) is -4.12. The van der Waals surface area contributed by atoms with E-state index in [1.807, 2.05) is 0 Å². The maximum absolute atomic E-state index is 12.6. The van der Waals surface area contributed by atoms with Gasteiger partial charge in [-0.2, -0.15) is 13.2 Å². The molecule has 0 radical (unpaired) electrons.